The number of nitrogens with two attached hydrogens (primary N) is 1. The third-order valence-corrected chi connectivity index (χ3v) is 15.5. The fraction of sp³-hybridized carbons (Fsp3) is 1.00. The van der Waals surface area contributed by atoms with Crippen LogP contribution >= 0.6 is 0 Å². The van der Waals surface area contributed by atoms with Gasteiger partial charge in [0.1, 0.15) is 0 Å². The summed E-state index contributed by atoms with van der Waals surface area (Å²) in [6.07, 6.45) is 4.10. The van der Waals surface area contributed by atoms with Crippen molar-refractivity contribution >= 4 is 17.6 Å². The minimum Gasteiger partial charge on any atom is -0.389 e. The topological polar surface area (TPSA) is 200 Å². The molecular formula is C37H85N5O12Si2. The van der Waals surface area contributed by atoms with Gasteiger partial charge >= 0.3 is 17.6 Å². The van der Waals surface area contributed by atoms with E-state index in [0.717, 1.165) is 38.9 Å². The van der Waals surface area contributed by atoms with Gasteiger partial charge in [-0.25, -0.2) is 0 Å². The number of ether oxygens (including phenoxy) is 3. The van der Waals surface area contributed by atoms with Crippen molar-refractivity contribution in [3.63, 3.8) is 0 Å². The molecule has 0 aliphatic rings. The fourth-order valence-corrected chi connectivity index (χ4v) is 9.60. The maximum Gasteiger partial charge on any atom is 0.500 e. The molecule has 0 saturated carbocycles. The van der Waals surface area contributed by atoms with E-state index in [1.165, 1.54) is 12.8 Å². The Labute approximate surface area is 342 Å². The number of unbranched alkanes of at least 4 members (excludes halogenated alkanes) is 1. The molecule has 0 aliphatic heterocycles. The van der Waals surface area contributed by atoms with Crippen LogP contribution in [0.2, 0.25) is 12.1 Å². The second kappa shape index (κ2) is 36.6. The highest BCUT2D eigenvalue weighted by Crippen LogP contribution is 2.16. The second-order valence-electron chi connectivity index (χ2n) is 14.2. The average molecular weight is 848 g/mol. The molecule has 338 valence electrons. The standard InChI is InChI=1S/C37H85N5O12Si2/c1-9-11-14-34(10-2)30-54-33-37(45)29-42(20-18-39-16-17-40-27-35(43)31-52-23-12-25-55(46-3,47-4)48-5)22-21-41(19-15-38)28-36(44)32-53-24-13-26-56(49-6,50-7)51-8/h34-37,39-40,43-45H,9-33,38H2,1-8H3. The summed E-state index contributed by atoms with van der Waals surface area (Å²) >= 11 is 0. The molecule has 0 rings (SSSR count). The molecule has 4 unspecified atom stereocenters. The van der Waals surface area contributed by atoms with Gasteiger partial charge in [-0.15, -0.1) is 0 Å². The lowest BCUT2D eigenvalue weighted by Gasteiger charge is -2.30. The predicted molar refractivity (Wildman–Crippen MR) is 224 cm³/mol. The smallest absolute Gasteiger partial charge is 0.389 e. The molecule has 17 nitrogen and oxygen atoms in total. The van der Waals surface area contributed by atoms with Crippen LogP contribution in [0.4, 0.5) is 0 Å². The summed E-state index contributed by atoms with van der Waals surface area (Å²) in [5.74, 6) is 0.516. The van der Waals surface area contributed by atoms with Crippen molar-refractivity contribution < 1.29 is 56.1 Å². The Bertz CT molecular complexity index is 845. The van der Waals surface area contributed by atoms with Crippen LogP contribution in [-0.2, 0) is 40.8 Å². The molecule has 0 aromatic heterocycles. The number of hydrogen-bond acceptors (Lipinski definition) is 17. The third-order valence-electron chi connectivity index (χ3n) is 9.82. The van der Waals surface area contributed by atoms with E-state index in [9.17, 15) is 15.3 Å². The summed E-state index contributed by atoms with van der Waals surface area (Å²) in [4.78, 5) is 4.37. The zero-order valence-corrected chi connectivity index (χ0v) is 38.5. The van der Waals surface area contributed by atoms with E-state index in [4.69, 9.17) is 46.5 Å². The lowest BCUT2D eigenvalue weighted by Crippen LogP contribution is -2.46. The molecule has 0 saturated heterocycles. The van der Waals surface area contributed by atoms with Gasteiger partial charge in [0.15, 0.2) is 0 Å². The monoisotopic (exact) mass is 848 g/mol. The summed E-state index contributed by atoms with van der Waals surface area (Å²) in [6, 6.07) is 1.28. The molecule has 0 aromatic rings. The molecule has 0 fully saturated rings. The normalized spacial score (nSPS) is 14.9. The van der Waals surface area contributed by atoms with Gasteiger partial charge in [0, 0.05) is 147 Å². The third kappa shape index (κ3) is 27.5. The molecule has 0 aliphatic carbocycles. The molecule has 19 heteroatoms. The molecule has 7 N–H and O–H groups in total. The first-order chi connectivity index (χ1) is 27.0. The van der Waals surface area contributed by atoms with Gasteiger partial charge in [-0.05, 0) is 25.2 Å². The molecular weight excluding hydrogens is 763 g/mol. The van der Waals surface area contributed by atoms with E-state index in [2.05, 4.69) is 34.3 Å². The maximum absolute atomic E-state index is 11.0. The molecule has 0 radical (unpaired) electrons. The minimum atomic E-state index is -2.64. The van der Waals surface area contributed by atoms with Crippen LogP contribution in [-0.4, -0.2) is 215 Å². The summed E-state index contributed by atoms with van der Waals surface area (Å²) in [5.41, 5.74) is 5.95. The number of nitrogens with zero attached hydrogens (tertiary/aromatic N) is 2. The van der Waals surface area contributed by atoms with Gasteiger partial charge < -0.3 is 72.5 Å². The highest BCUT2D eigenvalue weighted by molar-refractivity contribution is 6.60. The van der Waals surface area contributed by atoms with E-state index < -0.39 is 35.9 Å². The lowest BCUT2D eigenvalue weighted by atomic mass is 10.0. The number of rotatable bonds is 43. The van der Waals surface area contributed by atoms with Crippen LogP contribution in [0.15, 0.2) is 0 Å². The SMILES string of the molecule is CCCCC(CC)COCC(O)CN(CCNCCNCC(O)COCCC[Si](OC)(OC)OC)CCN(CCN)CC(O)COCCC[Si](OC)(OC)OC. The maximum atomic E-state index is 11.0. The number of nitrogens with one attached hydrogen (secondary N) is 2. The van der Waals surface area contributed by atoms with Crippen molar-refractivity contribution in [2.75, 3.05) is 154 Å². The van der Waals surface area contributed by atoms with Crippen molar-refractivity contribution in [1.29, 1.82) is 0 Å². The quantitative estimate of drug-likeness (QED) is 0.0368. The van der Waals surface area contributed by atoms with Gasteiger partial charge in [-0.2, -0.15) is 0 Å². The molecule has 4 atom stereocenters. The van der Waals surface area contributed by atoms with Crippen molar-refractivity contribution in [3.05, 3.63) is 0 Å². The van der Waals surface area contributed by atoms with Crippen LogP contribution in [0.1, 0.15) is 52.4 Å². The first kappa shape index (κ1) is 55.8. The van der Waals surface area contributed by atoms with Gasteiger partial charge in [0.2, 0.25) is 0 Å². The number of aliphatic hydroxyl groups is 3. The minimum absolute atomic E-state index is 0.210. The Morgan fingerprint density at radius 2 is 1.05 bits per heavy atom. The van der Waals surface area contributed by atoms with E-state index >= 15 is 0 Å². The van der Waals surface area contributed by atoms with Crippen LogP contribution in [0.5, 0.6) is 0 Å². The molecule has 0 bridgehead atoms. The van der Waals surface area contributed by atoms with Crippen molar-refractivity contribution in [3.8, 4) is 0 Å². The van der Waals surface area contributed by atoms with E-state index in [0.29, 0.717) is 103 Å². The Hall–Kier alpha value is -0.246. The van der Waals surface area contributed by atoms with Crippen LogP contribution in [0, 0.1) is 5.92 Å². The van der Waals surface area contributed by atoms with Crippen LogP contribution in [0.3, 0.4) is 0 Å². The van der Waals surface area contributed by atoms with Crippen molar-refractivity contribution in [2.24, 2.45) is 11.7 Å². The second-order valence-corrected chi connectivity index (χ2v) is 20.4. The van der Waals surface area contributed by atoms with Gasteiger partial charge in [-0.3, -0.25) is 9.80 Å². The van der Waals surface area contributed by atoms with E-state index in [-0.39, 0.29) is 13.2 Å². The van der Waals surface area contributed by atoms with E-state index in [1.807, 2.05) is 0 Å². The largest absolute Gasteiger partial charge is 0.500 e. The first-order valence-corrected chi connectivity index (χ1v) is 24.6. The number of hydrogen-bond donors (Lipinski definition) is 6. The summed E-state index contributed by atoms with van der Waals surface area (Å²) in [6.45, 7) is 13.4. The summed E-state index contributed by atoms with van der Waals surface area (Å²) in [7, 11) is 4.30. The highest BCUT2D eigenvalue weighted by Gasteiger charge is 2.37. The average Bonchev–Trinajstić information content (AvgIpc) is 3.20. The summed E-state index contributed by atoms with van der Waals surface area (Å²) < 4.78 is 50.0. The molecule has 0 aromatic carbocycles. The van der Waals surface area contributed by atoms with Crippen LogP contribution in [0.25, 0.3) is 0 Å². The molecule has 0 spiro atoms. The zero-order valence-electron chi connectivity index (χ0n) is 36.5. The fourth-order valence-electron chi connectivity index (χ4n) is 6.22. The predicted octanol–water partition coefficient (Wildman–Crippen LogP) is 0.614. The zero-order chi connectivity index (χ0) is 41.9. The Morgan fingerprint density at radius 1 is 0.571 bits per heavy atom. The Balaban J connectivity index is 4.83. The Kier molecular flexibility index (Phi) is 36.4. The highest BCUT2D eigenvalue weighted by atomic mass is 28.4. The van der Waals surface area contributed by atoms with Gasteiger partial charge in [0.25, 0.3) is 0 Å². The lowest BCUT2D eigenvalue weighted by molar-refractivity contribution is -0.00135. The van der Waals surface area contributed by atoms with Crippen LogP contribution < -0.4 is 16.4 Å². The summed E-state index contributed by atoms with van der Waals surface area (Å²) in [5, 5.41) is 38.8. The Morgan fingerprint density at radius 3 is 1.54 bits per heavy atom. The van der Waals surface area contributed by atoms with Gasteiger partial charge in [0.05, 0.1) is 38.1 Å². The molecule has 0 heterocycles. The van der Waals surface area contributed by atoms with E-state index in [1.54, 1.807) is 42.7 Å². The number of aliphatic hydroxyl groups excluding tert-OH is 3. The molecule has 56 heavy (non-hydrogen) atoms. The molecule has 0 amide bonds. The van der Waals surface area contributed by atoms with Gasteiger partial charge in [-0.1, -0.05) is 33.1 Å². The van der Waals surface area contributed by atoms with Crippen molar-refractivity contribution in [2.45, 2.75) is 82.8 Å². The van der Waals surface area contributed by atoms with Crippen molar-refractivity contribution in [1.82, 2.24) is 20.4 Å². The first-order valence-electron chi connectivity index (χ1n) is 20.7.